The van der Waals surface area contributed by atoms with Crippen molar-refractivity contribution in [3.63, 3.8) is 0 Å². The van der Waals surface area contributed by atoms with Crippen LogP contribution in [0.15, 0.2) is 18.7 Å². The summed E-state index contributed by atoms with van der Waals surface area (Å²) < 4.78 is 9.26. The number of halogens is 1. The van der Waals surface area contributed by atoms with E-state index in [0.29, 0.717) is 6.10 Å². The molecule has 1 aromatic heterocycles. The molecule has 1 aliphatic rings. The number of aromatic nitrogens is 2. The normalized spacial score (nSPS) is 21.0. The van der Waals surface area contributed by atoms with Gasteiger partial charge in [-0.2, -0.15) is 0 Å². The molecule has 1 unspecified atom stereocenters. The average molecular weight is 175 g/mol. The van der Waals surface area contributed by atoms with Gasteiger partial charge in [-0.25, -0.2) is 9.13 Å². The van der Waals surface area contributed by atoms with Crippen molar-refractivity contribution in [3.05, 3.63) is 18.7 Å². The number of nitrogens with zero attached hydrogens (tertiary/aromatic N) is 2. The molecule has 11 heavy (non-hydrogen) atoms. The van der Waals surface area contributed by atoms with Crippen molar-refractivity contribution in [2.24, 2.45) is 7.05 Å². The van der Waals surface area contributed by atoms with Crippen LogP contribution in [0.1, 0.15) is 0 Å². The molecule has 62 valence electrons. The molecule has 0 radical (unpaired) electrons. The van der Waals surface area contributed by atoms with E-state index in [9.17, 15) is 0 Å². The molecule has 0 bridgehead atoms. The van der Waals surface area contributed by atoms with Gasteiger partial charge in [-0.1, -0.05) is 0 Å². The molecule has 3 nitrogen and oxygen atoms in total. The lowest BCUT2D eigenvalue weighted by Gasteiger charge is -1.86. The van der Waals surface area contributed by atoms with Gasteiger partial charge >= 0.3 is 0 Å². The van der Waals surface area contributed by atoms with E-state index < -0.39 is 0 Å². The molecular weight excluding hydrogens is 164 g/mol. The molecule has 1 fully saturated rings. The molecule has 0 aromatic carbocycles. The summed E-state index contributed by atoms with van der Waals surface area (Å²) in [6.07, 6.45) is 6.62. The summed E-state index contributed by atoms with van der Waals surface area (Å²) in [5.41, 5.74) is 0. The van der Waals surface area contributed by atoms with Crippen LogP contribution in [0.5, 0.6) is 0 Å². The van der Waals surface area contributed by atoms with Gasteiger partial charge in [0.2, 0.25) is 6.33 Å². The molecule has 4 heteroatoms. The predicted molar refractivity (Wildman–Crippen MR) is 35.3 cm³/mol. The molecule has 0 N–H and O–H groups in total. The Hall–Kier alpha value is -0.540. The first-order chi connectivity index (χ1) is 4.84. The maximum atomic E-state index is 5.09. The maximum Gasteiger partial charge on any atom is 0.243 e. The van der Waals surface area contributed by atoms with Crippen molar-refractivity contribution in [2.45, 2.75) is 12.6 Å². The van der Waals surface area contributed by atoms with Crippen LogP contribution >= 0.6 is 0 Å². The maximum absolute atomic E-state index is 5.09. The van der Waals surface area contributed by atoms with Gasteiger partial charge in [0, 0.05) is 0 Å². The Morgan fingerprint density at radius 3 is 2.91 bits per heavy atom. The highest BCUT2D eigenvalue weighted by Gasteiger charge is 2.25. The molecule has 0 amide bonds. The Morgan fingerprint density at radius 1 is 1.73 bits per heavy atom. The number of rotatable bonds is 2. The van der Waals surface area contributed by atoms with E-state index in [0.717, 1.165) is 13.2 Å². The summed E-state index contributed by atoms with van der Waals surface area (Å²) in [6, 6.07) is 0. The topological polar surface area (TPSA) is 21.3 Å². The van der Waals surface area contributed by atoms with Crippen LogP contribution in [-0.4, -0.2) is 17.3 Å². The molecule has 1 aliphatic heterocycles. The molecule has 1 saturated heterocycles. The van der Waals surface area contributed by atoms with Crippen molar-refractivity contribution in [2.75, 3.05) is 6.61 Å². The lowest BCUT2D eigenvalue weighted by molar-refractivity contribution is -0.671. The Labute approximate surface area is 72.0 Å². The van der Waals surface area contributed by atoms with Gasteiger partial charge in [-0.05, 0) is 0 Å². The van der Waals surface area contributed by atoms with Crippen molar-refractivity contribution >= 4 is 0 Å². The zero-order valence-electron chi connectivity index (χ0n) is 6.40. The molecular formula is C7H11ClN2O. The van der Waals surface area contributed by atoms with Crippen LogP contribution < -0.4 is 17.0 Å². The van der Waals surface area contributed by atoms with Crippen LogP contribution in [0, 0.1) is 0 Å². The van der Waals surface area contributed by atoms with Crippen molar-refractivity contribution < 1.29 is 21.7 Å². The van der Waals surface area contributed by atoms with Gasteiger partial charge in [0.15, 0.2) is 0 Å². The molecule has 2 rings (SSSR count). The van der Waals surface area contributed by atoms with Gasteiger partial charge in [0.05, 0.1) is 13.7 Å². The SMILES string of the molecule is C[n+]1ccn(CC2CO2)c1.[Cl-]. The summed E-state index contributed by atoms with van der Waals surface area (Å²) in [7, 11) is 2.02. The molecule has 1 atom stereocenters. The zero-order valence-corrected chi connectivity index (χ0v) is 7.16. The van der Waals surface area contributed by atoms with E-state index >= 15 is 0 Å². The minimum absolute atomic E-state index is 0. The van der Waals surface area contributed by atoms with Crippen LogP contribution in [0.2, 0.25) is 0 Å². The molecule has 2 heterocycles. The van der Waals surface area contributed by atoms with E-state index in [1.54, 1.807) is 0 Å². The summed E-state index contributed by atoms with van der Waals surface area (Å²) in [4.78, 5) is 0. The van der Waals surface area contributed by atoms with Gasteiger partial charge in [-0.3, -0.25) is 0 Å². The number of hydrogen-bond acceptors (Lipinski definition) is 1. The summed E-state index contributed by atoms with van der Waals surface area (Å²) in [6.45, 7) is 1.93. The summed E-state index contributed by atoms with van der Waals surface area (Å²) in [5.74, 6) is 0. The molecule has 0 aliphatic carbocycles. The fourth-order valence-electron chi connectivity index (χ4n) is 1.02. The second-order valence-electron chi connectivity index (χ2n) is 2.73. The van der Waals surface area contributed by atoms with Crippen molar-refractivity contribution in [1.82, 2.24) is 4.57 Å². The van der Waals surface area contributed by atoms with Gasteiger partial charge in [-0.15, -0.1) is 0 Å². The van der Waals surface area contributed by atoms with E-state index in [2.05, 4.69) is 17.1 Å². The minimum Gasteiger partial charge on any atom is -1.00 e. The lowest BCUT2D eigenvalue weighted by Crippen LogP contribution is -3.00. The highest BCUT2D eigenvalue weighted by Crippen LogP contribution is 2.10. The number of aryl methyl sites for hydroxylation is 1. The highest BCUT2D eigenvalue weighted by molar-refractivity contribution is 4.74. The standard InChI is InChI=1S/C7H11N2O.ClH/c1-8-2-3-9(6-8)4-7-5-10-7;/h2-3,6-7H,4-5H2,1H3;1H/q+1;/p-1. The fraction of sp³-hybridized carbons (Fsp3) is 0.571. The Balaban J connectivity index is 0.000000605. The van der Waals surface area contributed by atoms with Crippen LogP contribution in [0.4, 0.5) is 0 Å². The van der Waals surface area contributed by atoms with Crippen molar-refractivity contribution in [1.29, 1.82) is 0 Å². The number of epoxide rings is 1. The van der Waals surface area contributed by atoms with Crippen LogP contribution in [0.25, 0.3) is 0 Å². The number of ether oxygens (including phenoxy) is 1. The third kappa shape index (κ3) is 2.20. The minimum atomic E-state index is 0. The van der Waals surface area contributed by atoms with E-state index in [1.807, 2.05) is 17.8 Å². The van der Waals surface area contributed by atoms with Crippen LogP contribution in [-0.2, 0) is 18.3 Å². The number of imidazole rings is 1. The van der Waals surface area contributed by atoms with E-state index in [1.165, 1.54) is 0 Å². The third-order valence-electron chi connectivity index (χ3n) is 1.64. The van der Waals surface area contributed by atoms with Gasteiger partial charge < -0.3 is 17.1 Å². The van der Waals surface area contributed by atoms with Gasteiger partial charge in [0.25, 0.3) is 0 Å². The summed E-state index contributed by atoms with van der Waals surface area (Å²) in [5, 5.41) is 0. The first kappa shape index (κ1) is 8.56. The van der Waals surface area contributed by atoms with E-state index in [4.69, 9.17) is 4.74 Å². The summed E-state index contributed by atoms with van der Waals surface area (Å²) >= 11 is 0. The molecule has 0 spiro atoms. The van der Waals surface area contributed by atoms with E-state index in [-0.39, 0.29) is 12.4 Å². The highest BCUT2D eigenvalue weighted by atomic mass is 35.5. The van der Waals surface area contributed by atoms with Gasteiger partial charge in [0.1, 0.15) is 25.0 Å². The third-order valence-corrected chi connectivity index (χ3v) is 1.64. The fourth-order valence-corrected chi connectivity index (χ4v) is 1.02. The largest absolute Gasteiger partial charge is 1.00 e. The molecule has 0 saturated carbocycles. The number of hydrogen-bond donors (Lipinski definition) is 0. The van der Waals surface area contributed by atoms with Crippen molar-refractivity contribution in [3.8, 4) is 0 Å². The Kier molecular flexibility index (Phi) is 2.52. The Bertz CT molecular complexity index is 232. The Morgan fingerprint density at radius 2 is 2.45 bits per heavy atom. The molecule has 1 aromatic rings. The average Bonchev–Trinajstić information content (AvgIpc) is 2.59. The second-order valence-corrected chi connectivity index (χ2v) is 2.73. The second kappa shape index (κ2) is 3.24. The van der Waals surface area contributed by atoms with Crippen LogP contribution in [0.3, 0.4) is 0 Å². The lowest BCUT2D eigenvalue weighted by atomic mass is 10.5. The zero-order chi connectivity index (χ0) is 6.97. The predicted octanol–water partition coefficient (Wildman–Crippen LogP) is -3.28. The first-order valence-corrected chi connectivity index (χ1v) is 3.47. The smallest absolute Gasteiger partial charge is 0.243 e. The quantitative estimate of drug-likeness (QED) is 0.340. The monoisotopic (exact) mass is 174 g/mol. The first-order valence-electron chi connectivity index (χ1n) is 3.47.